The second-order valence-electron chi connectivity index (χ2n) is 4.60. The maximum absolute atomic E-state index is 5.69. The van der Waals surface area contributed by atoms with Gasteiger partial charge in [0.2, 0.25) is 5.16 Å². The van der Waals surface area contributed by atoms with Crippen molar-refractivity contribution in [2.45, 2.75) is 23.5 Å². The molecule has 0 saturated carbocycles. The van der Waals surface area contributed by atoms with E-state index in [1.807, 2.05) is 42.5 Å². The van der Waals surface area contributed by atoms with Gasteiger partial charge in [-0.2, -0.15) is 4.68 Å². The summed E-state index contributed by atoms with van der Waals surface area (Å²) >= 11 is 1.54. The SMILES string of the molecule is Cc1cc(Sc2nnnn2-c2ccccc2)ccc1CN. The number of benzene rings is 2. The molecule has 1 aromatic heterocycles. The Morgan fingerprint density at radius 1 is 1.14 bits per heavy atom. The first-order valence-electron chi connectivity index (χ1n) is 6.59. The molecule has 3 aromatic rings. The summed E-state index contributed by atoms with van der Waals surface area (Å²) in [5.74, 6) is 0. The van der Waals surface area contributed by atoms with E-state index in [0.29, 0.717) is 6.54 Å². The number of rotatable bonds is 4. The molecule has 0 amide bonds. The number of nitrogens with two attached hydrogens (primary N) is 1. The summed E-state index contributed by atoms with van der Waals surface area (Å²) in [5.41, 5.74) is 8.97. The summed E-state index contributed by atoms with van der Waals surface area (Å²) in [7, 11) is 0. The third-order valence-corrected chi connectivity index (χ3v) is 4.11. The minimum absolute atomic E-state index is 0.554. The van der Waals surface area contributed by atoms with E-state index in [9.17, 15) is 0 Å². The van der Waals surface area contributed by atoms with Crippen molar-refractivity contribution in [2.24, 2.45) is 5.73 Å². The van der Waals surface area contributed by atoms with Crippen LogP contribution >= 0.6 is 11.8 Å². The fourth-order valence-corrected chi connectivity index (χ4v) is 2.93. The van der Waals surface area contributed by atoms with Crippen LogP contribution in [0.25, 0.3) is 5.69 Å². The highest BCUT2D eigenvalue weighted by atomic mass is 32.2. The lowest BCUT2D eigenvalue weighted by molar-refractivity contribution is 0.756. The van der Waals surface area contributed by atoms with Gasteiger partial charge in [-0.1, -0.05) is 24.3 Å². The van der Waals surface area contributed by atoms with Gasteiger partial charge in [0.1, 0.15) is 0 Å². The Hall–Kier alpha value is -2.18. The van der Waals surface area contributed by atoms with Crippen LogP contribution in [0.2, 0.25) is 0 Å². The fraction of sp³-hybridized carbons (Fsp3) is 0.133. The lowest BCUT2D eigenvalue weighted by atomic mass is 10.1. The highest BCUT2D eigenvalue weighted by Gasteiger charge is 2.10. The third-order valence-electron chi connectivity index (χ3n) is 3.18. The molecule has 0 fully saturated rings. The number of nitrogens with zero attached hydrogens (tertiary/aromatic N) is 4. The van der Waals surface area contributed by atoms with Crippen LogP contribution in [0.3, 0.4) is 0 Å². The molecule has 0 aliphatic carbocycles. The van der Waals surface area contributed by atoms with Gasteiger partial charge in [0, 0.05) is 11.4 Å². The number of hydrogen-bond acceptors (Lipinski definition) is 5. The van der Waals surface area contributed by atoms with Gasteiger partial charge in [0.05, 0.1) is 5.69 Å². The molecule has 0 aliphatic heterocycles. The minimum Gasteiger partial charge on any atom is -0.326 e. The smallest absolute Gasteiger partial charge is 0.218 e. The van der Waals surface area contributed by atoms with E-state index in [0.717, 1.165) is 21.3 Å². The van der Waals surface area contributed by atoms with Crippen LogP contribution in [-0.4, -0.2) is 20.2 Å². The van der Waals surface area contributed by atoms with E-state index in [2.05, 4.69) is 28.5 Å². The molecule has 0 spiro atoms. The van der Waals surface area contributed by atoms with Crippen LogP contribution in [0.4, 0.5) is 0 Å². The van der Waals surface area contributed by atoms with E-state index in [1.165, 1.54) is 17.3 Å². The Morgan fingerprint density at radius 2 is 1.95 bits per heavy atom. The normalized spacial score (nSPS) is 10.8. The van der Waals surface area contributed by atoms with Crippen molar-refractivity contribution in [1.82, 2.24) is 20.2 Å². The quantitative estimate of drug-likeness (QED) is 0.801. The summed E-state index contributed by atoms with van der Waals surface area (Å²) in [6.45, 7) is 2.62. The van der Waals surface area contributed by atoms with Gasteiger partial charge in [-0.25, -0.2) is 0 Å². The third kappa shape index (κ3) is 2.96. The van der Waals surface area contributed by atoms with E-state index < -0.39 is 0 Å². The Balaban J connectivity index is 1.90. The Bertz CT molecular complexity index is 739. The Labute approximate surface area is 127 Å². The molecule has 106 valence electrons. The Morgan fingerprint density at radius 3 is 2.67 bits per heavy atom. The second kappa shape index (κ2) is 6.07. The Kier molecular flexibility index (Phi) is 3.98. The van der Waals surface area contributed by atoms with Gasteiger partial charge in [0.15, 0.2) is 0 Å². The molecular weight excluding hydrogens is 282 g/mol. The fourth-order valence-electron chi connectivity index (χ4n) is 2.04. The van der Waals surface area contributed by atoms with Crippen molar-refractivity contribution >= 4 is 11.8 Å². The molecular formula is C15H15N5S. The predicted molar refractivity (Wildman–Crippen MR) is 82.3 cm³/mol. The van der Waals surface area contributed by atoms with Gasteiger partial charge >= 0.3 is 0 Å². The van der Waals surface area contributed by atoms with Crippen LogP contribution in [0.5, 0.6) is 0 Å². The average molecular weight is 297 g/mol. The molecule has 5 nitrogen and oxygen atoms in total. The first-order chi connectivity index (χ1) is 10.3. The van der Waals surface area contributed by atoms with Crippen LogP contribution in [0.15, 0.2) is 58.6 Å². The van der Waals surface area contributed by atoms with E-state index in [4.69, 9.17) is 5.73 Å². The van der Waals surface area contributed by atoms with E-state index >= 15 is 0 Å². The van der Waals surface area contributed by atoms with Crippen LogP contribution in [0.1, 0.15) is 11.1 Å². The second-order valence-corrected chi connectivity index (χ2v) is 5.64. The topological polar surface area (TPSA) is 69.6 Å². The monoisotopic (exact) mass is 297 g/mol. The number of para-hydroxylation sites is 1. The van der Waals surface area contributed by atoms with Crippen molar-refractivity contribution in [1.29, 1.82) is 0 Å². The molecule has 0 unspecified atom stereocenters. The van der Waals surface area contributed by atoms with E-state index in [1.54, 1.807) is 4.68 Å². The molecule has 0 aliphatic rings. The number of hydrogen-bond donors (Lipinski definition) is 1. The molecule has 0 atom stereocenters. The number of aryl methyl sites for hydroxylation is 1. The maximum atomic E-state index is 5.69. The molecule has 21 heavy (non-hydrogen) atoms. The van der Waals surface area contributed by atoms with Crippen LogP contribution in [0, 0.1) is 6.92 Å². The van der Waals surface area contributed by atoms with Gasteiger partial charge in [-0.3, -0.25) is 0 Å². The minimum atomic E-state index is 0.554. The van der Waals surface area contributed by atoms with Crippen molar-refractivity contribution in [3.63, 3.8) is 0 Å². The van der Waals surface area contributed by atoms with Crippen molar-refractivity contribution in [3.05, 3.63) is 59.7 Å². The summed E-state index contributed by atoms with van der Waals surface area (Å²) in [6, 6.07) is 16.0. The van der Waals surface area contributed by atoms with Gasteiger partial charge in [-0.05, 0) is 64.5 Å². The zero-order valence-corrected chi connectivity index (χ0v) is 12.4. The number of aromatic nitrogens is 4. The molecule has 2 aromatic carbocycles. The maximum Gasteiger partial charge on any atom is 0.218 e. The highest BCUT2D eigenvalue weighted by molar-refractivity contribution is 7.99. The lowest BCUT2D eigenvalue weighted by Gasteiger charge is -2.07. The predicted octanol–water partition coefficient (Wildman–Crippen LogP) is 2.58. The van der Waals surface area contributed by atoms with Crippen molar-refractivity contribution < 1.29 is 0 Å². The van der Waals surface area contributed by atoms with Gasteiger partial charge in [0.25, 0.3) is 0 Å². The van der Waals surface area contributed by atoms with Gasteiger partial charge in [-0.15, -0.1) is 5.10 Å². The molecule has 6 heteroatoms. The molecule has 2 N–H and O–H groups in total. The first-order valence-corrected chi connectivity index (χ1v) is 7.41. The standard InChI is InChI=1S/C15H15N5S/c1-11-9-14(8-7-12(11)10-16)21-15-17-18-19-20(15)13-5-3-2-4-6-13/h2-9H,10,16H2,1H3. The van der Waals surface area contributed by atoms with Crippen molar-refractivity contribution in [3.8, 4) is 5.69 Å². The van der Waals surface area contributed by atoms with Crippen LogP contribution in [-0.2, 0) is 6.54 Å². The molecule has 0 saturated heterocycles. The largest absolute Gasteiger partial charge is 0.326 e. The molecule has 0 radical (unpaired) electrons. The highest BCUT2D eigenvalue weighted by Crippen LogP contribution is 2.28. The summed E-state index contributed by atoms with van der Waals surface area (Å²) in [4.78, 5) is 1.09. The van der Waals surface area contributed by atoms with Crippen LogP contribution < -0.4 is 5.73 Å². The molecule has 0 bridgehead atoms. The van der Waals surface area contributed by atoms with E-state index in [-0.39, 0.29) is 0 Å². The van der Waals surface area contributed by atoms with Gasteiger partial charge < -0.3 is 5.73 Å². The van der Waals surface area contributed by atoms with Crippen molar-refractivity contribution in [2.75, 3.05) is 0 Å². The molecule has 1 heterocycles. The molecule has 3 rings (SSSR count). The average Bonchev–Trinajstić information content (AvgIpc) is 2.96. The summed E-state index contributed by atoms with van der Waals surface area (Å²) in [5, 5.41) is 12.7. The number of tetrazole rings is 1. The lowest BCUT2D eigenvalue weighted by Crippen LogP contribution is -2.00. The first kappa shape index (κ1) is 13.8. The summed E-state index contributed by atoms with van der Waals surface area (Å²) < 4.78 is 1.73. The zero-order valence-electron chi connectivity index (χ0n) is 11.6. The summed E-state index contributed by atoms with van der Waals surface area (Å²) in [6.07, 6.45) is 0. The zero-order chi connectivity index (χ0) is 14.7.